The average Bonchev–Trinajstić information content (AvgIpc) is 3.73. The number of rotatable bonds is 5. The highest BCUT2D eigenvalue weighted by Gasteiger charge is 2.23. The van der Waals surface area contributed by atoms with Crippen molar-refractivity contribution in [2.75, 3.05) is 43.4 Å². The second kappa shape index (κ2) is 9.81. The molecule has 1 aliphatic carbocycles. The van der Waals surface area contributed by atoms with Crippen LogP contribution in [-0.2, 0) is 4.79 Å². The standard InChI is InChI=1S/C30H32N8O/c1-37-11-13-38(14-12-37)27-8-4-7-24-22(27)16-26(33-24)29-28-25(35-36-29)10-9-23(34-28)20-15-21(18-31-17-20)32-30(39)19-5-2-3-6-19/h4,7-10,15-19,33H,2-3,5-6,11-14H2,1H3,(H,32,39)(H,35,36). The van der Waals surface area contributed by atoms with Gasteiger partial charge in [-0.3, -0.25) is 14.9 Å². The normalized spacial score (nSPS) is 16.9. The zero-order chi connectivity index (χ0) is 26.3. The number of amides is 1. The molecule has 0 spiro atoms. The van der Waals surface area contributed by atoms with Crippen molar-refractivity contribution in [1.29, 1.82) is 0 Å². The molecule has 0 atom stereocenters. The second-order valence-electron chi connectivity index (χ2n) is 10.8. The molecule has 5 heterocycles. The number of nitrogens with zero attached hydrogens (tertiary/aromatic N) is 5. The van der Waals surface area contributed by atoms with E-state index in [4.69, 9.17) is 4.98 Å². The minimum absolute atomic E-state index is 0.0849. The number of hydrogen-bond acceptors (Lipinski definition) is 6. The monoisotopic (exact) mass is 520 g/mol. The van der Waals surface area contributed by atoms with E-state index >= 15 is 0 Å². The zero-order valence-electron chi connectivity index (χ0n) is 22.1. The summed E-state index contributed by atoms with van der Waals surface area (Å²) in [6.07, 6.45) is 7.66. The van der Waals surface area contributed by atoms with Gasteiger partial charge in [0.25, 0.3) is 0 Å². The summed E-state index contributed by atoms with van der Waals surface area (Å²) in [5.74, 6) is 0.187. The predicted molar refractivity (Wildman–Crippen MR) is 155 cm³/mol. The highest BCUT2D eigenvalue weighted by atomic mass is 16.1. The predicted octanol–water partition coefficient (Wildman–Crippen LogP) is 5.05. The van der Waals surface area contributed by atoms with Crippen LogP contribution in [0.3, 0.4) is 0 Å². The lowest BCUT2D eigenvalue weighted by Gasteiger charge is -2.34. The first-order chi connectivity index (χ1) is 19.1. The SMILES string of the molecule is CN1CCN(c2cccc3[nH]c(-c4n[nH]c5ccc(-c6cncc(NC(=O)C7CCCC7)c6)nc45)cc23)CC1. The molecule has 0 radical (unpaired) electrons. The molecule has 0 bridgehead atoms. The Hall–Kier alpha value is -4.24. The van der Waals surface area contributed by atoms with E-state index in [1.165, 1.54) is 11.1 Å². The Bertz CT molecular complexity index is 1660. The maximum absolute atomic E-state index is 12.6. The van der Waals surface area contributed by atoms with Crippen LogP contribution in [0.25, 0.3) is 44.6 Å². The fraction of sp³-hybridized carbons (Fsp3) is 0.333. The van der Waals surface area contributed by atoms with Crippen molar-refractivity contribution < 1.29 is 4.79 Å². The lowest BCUT2D eigenvalue weighted by Crippen LogP contribution is -2.44. The summed E-state index contributed by atoms with van der Waals surface area (Å²) < 4.78 is 0. The summed E-state index contributed by atoms with van der Waals surface area (Å²) in [5, 5.41) is 12.0. The molecular weight excluding hydrogens is 488 g/mol. The van der Waals surface area contributed by atoms with E-state index in [1.54, 1.807) is 12.4 Å². The maximum atomic E-state index is 12.6. The van der Waals surface area contributed by atoms with E-state index in [0.29, 0.717) is 5.69 Å². The number of piperazine rings is 1. The van der Waals surface area contributed by atoms with Gasteiger partial charge in [0, 0.05) is 60.4 Å². The van der Waals surface area contributed by atoms with Gasteiger partial charge in [-0.1, -0.05) is 18.9 Å². The van der Waals surface area contributed by atoms with Crippen LogP contribution in [-0.4, -0.2) is 69.2 Å². The molecule has 1 amide bonds. The molecule has 1 saturated carbocycles. The Labute approximate surface area is 226 Å². The van der Waals surface area contributed by atoms with Gasteiger partial charge in [-0.2, -0.15) is 5.10 Å². The number of likely N-dealkylation sites (N-methyl/N-ethyl adjacent to an activating group) is 1. The van der Waals surface area contributed by atoms with Gasteiger partial charge in [-0.15, -0.1) is 0 Å². The van der Waals surface area contributed by atoms with Crippen LogP contribution in [0.1, 0.15) is 25.7 Å². The van der Waals surface area contributed by atoms with Crippen molar-refractivity contribution in [1.82, 2.24) is 30.0 Å². The molecule has 9 nitrogen and oxygen atoms in total. The molecule has 4 aromatic heterocycles. The number of carbonyl (C=O) groups is 1. The highest BCUT2D eigenvalue weighted by molar-refractivity contribution is 5.99. The van der Waals surface area contributed by atoms with Crippen LogP contribution in [0.2, 0.25) is 0 Å². The van der Waals surface area contributed by atoms with Gasteiger partial charge in [0.15, 0.2) is 0 Å². The van der Waals surface area contributed by atoms with Gasteiger partial charge >= 0.3 is 0 Å². The van der Waals surface area contributed by atoms with E-state index < -0.39 is 0 Å². The number of aromatic amines is 2. The Morgan fingerprint density at radius 2 is 1.85 bits per heavy atom. The Morgan fingerprint density at radius 3 is 2.69 bits per heavy atom. The lowest BCUT2D eigenvalue weighted by molar-refractivity contribution is -0.119. The average molecular weight is 521 g/mol. The molecular formula is C30H32N8O. The molecule has 1 saturated heterocycles. The Balaban J connectivity index is 1.21. The van der Waals surface area contributed by atoms with Crippen LogP contribution in [0.4, 0.5) is 11.4 Å². The number of aromatic nitrogens is 5. The molecule has 7 rings (SSSR count). The number of nitrogens with one attached hydrogen (secondary N) is 3. The maximum Gasteiger partial charge on any atom is 0.227 e. The van der Waals surface area contributed by atoms with E-state index in [2.05, 4.69) is 66.6 Å². The number of benzene rings is 1. The minimum Gasteiger partial charge on any atom is -0.368 e. The van der Waals surface area contributed by atoms with Gasteiger partial charge in [0.05, 0.1) is 28.8 Å². The van der Waals surface area contributed by atoms with Crippen molar-refractivity contribution in [2.45, 2.75) is 25.7 Å². The topological polar surface area (TPSA) is 106 Å². The Morgan fingerprint density at radius 1 is 1.00 bits per heavy atom. The third-order valence-electron chi connectivity index (χ3n) is 8.18. The summed E-state index contributed by atoms with van der Waals surface area (Å²) in [4.78, 5) is 30.4. The summed E-state index contributed by atoms with van der Waals surface area (Å²) in [5.41, 5.74) is 8.04. The molecule has 1 aliphatic heterocycles. The smallest absolute Gasteiger partial charge is 0.227 e. The summed E-state index contributed by atoms with van der Waals surface area (Å²) >= 11 is 0. The molecule has 5 aromatic rings. The molecule has 3 N–H and O–H groups in total. The quantitative estimate of drug-likeness (QED) is 0.300. The number of hydrogen-bond donors (Lipinski definition) is 3. The summed E-state index contributed by atoms with van der Waals surface area (Å²) in [6.45, 7) is 4.15. The van der Waals surface area contributed by atoms with Crippen LogP contribution in [0.5, 0.6) is 0 Å². The molecule has 0 unspecified atom stereocenters. The molecule has 2 aliphatic rings. The number of H-pyrrole nitrogens is 2. The minimum atomic E-state index is 0.0849. The first-order valence-electron chi connectivity index (χ1n) is 13.8. The fourth-order valence-electron chi connectivity index (χ4n) is 5.92. The number of carbonyl (C=O) groups excluding carboxylic acids is 1. The Kier molecular flexibility index (Phi) is 6.00. The molecule has 1 aromatic carbocycles. The summed E-state index contributed by atoms with van der Waals surface area (Å²) in [7, 11) is 2.18. The van der Waals surface area contributed by atoms with Gasteiger partial charge < -0.3 is 20.1 Å². The summed E-state index contributed by atoms with van der Waals surface area (Å²) in [6, 6.07) is 14.5. The lowest BCUT2D eigenvalue weighted by atomic mass is 10.1. The van der Waals surface area contributed by atoms with Crippen LogP contribution >= 0.6 is 0 Å². The zero-order valence-corrected chi connectivity index (χ0v) is 22.1. The van der Waals surface area contributed by atoms with Crippen molar-refractivity contribution in [3.63, 3.8) is 0 Å². The van der Waals surface area contributed by atoms with Crippen molar-refractivity contribution in [2.24, 2.45) is 5.92 Å². The van der Waals surface area contributed by atoms with Crippen molar-refractivity contribution in [3.8, 4) is 22.6 Å². The number of fused-ring (bicyclic) bond motifs is 2. The van der Waals surface area contributed by atoms with Gasteiger partial charge in [0.2, 0.25) is 5.91 Å². The third-order valence-corrected chi connectivity index (χ3v) is 8.18. The molecule has 198 valence electrons. The van der Waals surface area contributed by atoms with Crippen LogP contribution < -0.4 is 10.2 Å². The van der Waals surface area contributed by atoms with E-state index in [9.17, 15) is 4.79 Å². The van der Waals surface area contributed by atoms with Crippen LogP contribution in [0, 0.1) is 5.92 Å². The van der Waals surface area contributed by atoms with Crippen molar-refractivity contribution in [3.05, 3.63) is 54.9 Å². The largest absolute Gasteiger partial charge is 0.368 e. The fourth-order valence-corrected chi connectivity index (χ4v) is 5.92. The third kappa shape index (κ3) is 4.52. The first-order valence-corrected chi connectivity index (χ1v) is 13.8. The van der Waals surface area contributed by atoms with E-state index in [0.717, 1.165) is 91.1 Å². The van der Waals surface area contributed by atoms with Crippen molar-refractivity contribution >= 4 is 39.2 Å². The molecule has 2 fully saturated rings. The van der Waals surface area contributed by atoms with Crippen LogP contribution in [0.15, 0.2) is 54.9 Å². The molecule has 9 heteroatoms. The van der Waals surface area contributed by atoms with Gasteiger partial charge in [-0.05, 0) is 56.3 Å². The highest BCUT2D eigenvalue weighted by Crippen LogP contribution is 2.34. The number of pyridine rings is 2. The number of anilines is 2. The van der Waals surface area contributed by atoms with E-state index in [-0.39, 0.29) is 11.8 Å². The van der Waals surface area contributed by atoms with Gasteiger partial charge in [-0.25, -0.2) is 4.98 Å². The van der Waals surface area contributed by atoms with Gasteiger partial charge in [0.1, 0.15) is 11.2 Å². The second-order valence-corrected chi connectivity index (χ2v) is 10.8. The molecule has 39 heavy (non-hydrogen) atoms. The van der Waals surface area contributed by atoms with E-state index in [1.807, 2.05) is 18.2 Å². The first kappa shape index (κ1) is 23.8.